The van der Waals surface area contributed by atoms with E-state index in [1.54, 1.807) is 0 Å². The fraction of sp³-hybridized carbons (Fsp3) is 0.571. The summed E-state index contributed by atoms with van der Waals surface area (Å²) in [5, 5.41) is 0. The Morgan fingerprint density at radius 3 is 2.28 bits per heavy atom. The summed E-state index contributed by atoms with van der Waals surface area (Å²) in [5.74, 6) is -0.831. The van der Waals surface area contributed by atoms with Gasteiger partial charge in [0.15, 0.2) is 0 Å². The average molecular weight is 254 g/mol. The molecule has 1 atom stereocenters. The highest BCUT2D eigenvalue weighted by Gasteiger charge is 2.12. The molecule has 0 aliphatic carbocycles. The first kappa shape index (κ1) is 16.4. The van der Waals surface area contributed by atoms with Crippen molar-refractivity contribution in [3.8, 4) is 0 Å². The van der Waals surface area contributed by atoms with Gasteiger partial charge in [-0.2, -0.15) is 0 Å². The lowest BCUT2D eigenvalue weighted by molar-refractivity contribution is -0.145. The van der Waals surface area contributed by atoms with Crippen LogP contribution in [0, 0.1) is 0 Å². The molecular weight excluding hydrogens is 232 g/mol. The van der Waals surface area contributed by atoms with E-state index in [1.807, 2.05) is 0 Å². The number of ether oxygens (including phenoxy) is 2. The average Bonchev–Trinajstić information content (AvgIpc) is 2.39. The minimum atomic E-state index is -0.428. The molecule has 0 spiro atoms. The predicted molar refractivity (Wildman–Crippen MR) is 70.0 cm³/mol. The van der Waals surface area contributed by atoms with Crippen LogP contribution in [0.2, 0.25) is 0 Å². The molecule has 0 saturated heterocycles. The standard InChI is InChI=1S/C14H22O4/c1-4-7-9-12(18-14(16)6-3)10-8-11-17-13(15)5-2/h5-6,12H,2-4,7-11H2,1H3. The minimum Gasteiger partial charge on any atom is -0.463 e. The molecule has 18 heavy (non-hydrogen) atoms. The Morgan fingerprint density at radius 2 is 1.72 bits per heavy atom. The van der Waals surface area contributed by atoms with Gasteiger partial charge in [0.1, 0.15) is 6.10 Å². The van der Waals surface area contributed by atoms with Gasteiger partial charge in [0, 0.05) is 12.2 Å². The van der Waals surface area contributed by atoms with Crippen LogP contribution in [-0.2, 0) is 19.1 Å². The van der Waals surface area contributed by atoms with Crippen molar-refractivity contribution in [1.82, 2.24) is 0 Å². The van der Waals surface area contributed by atoms with E-state index >= 15 is 0 Å². The van der Waals surface area contributed by atoms with Crippen molar-refractivity contribution in [1.29, 1.82) is 0 Å². The maximum Gasteiger partial charge on any atom is 0.330 e. The van der Waals surface area contributed by atoms with Crippen LogP contribution in [0.15, 0.2) is 25.3 Å². The molecule has 102 valence electrons. The first-order valence-electron chi connectivity index (χ1n) is 6.26. The summed E-state index contributed by atoms with van der Waals surface area (Å²) in [7, 11) is 0. The summed E-state index contributed by atoms with van der Waals surface area (Å²) in [6, 6.07) is 0. The minimum absolute atomic E-state index is 0.127. The molecule has 0 amide bonds. The first-order valence-corrected chi connectivity index (χ1v) is 6.26. The lowest BCUT2D eigenvalue weighted by Gasteiger charge is -2.16. The van der Waals surface area contributed by atoms with Crippen molar-refractivity contribution < 1.29 is 19.1 Å². The van der Waals surface area contributed by atoms with Gasteiger partial charge in [0.05, 0.1) is 6.61 Å². The molecule has 0 fully saturated rings. The SMILES string of the molecule is C=CC(=O)OCCCC(CCCC)OC(=O)C=C. The van der Waals surface area contributed by atoms with Crippen LogP contribution >= 0.6 is 0 Å². The topological polar surface area (TPSA) is 52.6 Å². The van der Waals surface area contributed by atoms with Crippen LogP contribution in [0.3, 0.4) is 0 Å². The van der Waals surface area contributed by atoms with Gasteiger partial charge in [-0.15, -0.1) is 0 Å². The molecular formula is C14H22O4. The van der Waals surface area contributed by atoms with Crippen LogP contribution in [0.4, 0.5) is 0 Å². The molecule has 0 aliphatic rings. The van der Waals surface area contributed by atoms with E-state index in [2.05, 4.69) is 20.1 Å². The highest BCUT2D eigenvalue weighted by Crippen LogP contribution is 2.12. The number of unbranched alkanes of at least 4 members (excludes halogenated alkanes) is 1. The van der Waals surface area contributed by atoms with Crippen LogP contribution in [0.1, 0.15) is 39.0 Å². The lowest BCUT2D eigenvalue weighted by atomic mass is 10.1. The van der Waals surface area contributed by atoms with E-state index in [1.165, 1.54) is 0 Å². The summed E-state index contributed by atoms with van der Waals surface area (Å²) in [6.07, 6.45) is 6.39. The molecule has 4 nitrogen and oxygen atoms in total. The number of hydrogen-bond acceptors (Lipinski definition) is 4. The molecule has 0 rings (SSSR count). The third-order valence-corrected chi connectivity index (χ3v) is 2.41. The molecule has 0 aromatic carbocycles. The number of carbonyl (C=O) groups excluding carboxylic acids is 2. The van der Waals surface area contributed by atoms with Crippen molar-refractivity contribution in [3.63, 3.8) is 0 Å². The number of hydrogen-bond donors (Lipinski definition) is 0. The van der Waals surface area contributed by atoms with Gasteiger partial charge in [-0.25, -0.2) is 9.59 Å². The summed E-state index contributed by atoms with van der Waals surface area (Å²) in [6.45, 7) is 9.08. The molecule has 4 heteroatoms. The van der Waals surface area contributed by atoms with Gasteiger partial charge >= 0.3 is 11.9 Å². The maximum atomic E-state index is 11.1. The van der Waals surface area contributed by atoms with Crippen LogP contribution in [0.25, 0.3) is 0 Å². The van der Waals surface area contributed by atoms with Crippen molar-refractivity contribution in [2.75, 3.05) is 6.61 Å². The highest BCUT2D eigenvalue weighted by atomic mass is 16.5. The van der Waals surface area contributed by atoms with E-state index in [0.717, 1.165) is 31.4 Å². The van der Waals surface area contributed by atoms with Gasteiger partial charge in [0.2, 0.25) is 0 Å². The second-order valence-corrected chi connectivity index (χ2v) is 3.92. The van der Waals surface area contributed by atoms with Gasteiger partial charge in [0.25, 0.3) is 0 Å². The predicted octanol–water partition coefficient (Wildman–Crippen LogP) is 2.78. The Morgan fingerprint density at radius 1 is 1.11 bits per heavy atom. The molecule has 0 aliphatic heterocycles. The monoisotopic (exact) mass is 254 g/mol. The Labute approximate surface area is 109 Å². The molecule has 0 N–H and O–H groups in total. The van der Waals surface area contributed by atoms with E-state index in [0.29, 0.717) is 19.4 Å². The highest BCUT2D eigenvalue weighted by molar-refractivity contribution is 5.81. The Hall–Kier alpha value is -1.58. The van der Waals surface area contributed by atoms with Crippen molar-refractivity contribution in [2.24, 2.45) is 0 Å². The molecule has 1 unspecified atom stereocenters. The third-order valence-electron chi connectivity index (χ3n) is 2.41. The van der Waals surface area contributed by atoms with E-state index < -0.39 is 11.9 Å². The number of carbonyl (C=O) groups is 2. The zero-order valence-electron chi connectivity index (χ0n) is 11.0. The van der Waals surface area contributed by atoms with Crippen molar-refractivity contribution in [3.05, 3.63) is 25.3 Å². The Balaban J connectivity index is 3.91. The zero-order valence-corrected chi connectivity index (χ0v) is 11.0. The van der Waals surface area contributed by atoms with Crippen LogP contribution < -0.4 is 0 Å². The van der Waals surface area contributed by atoms with E-state index in [9.17, 15) is 9.59 Å². The number of esters is 2. The third kappa shape index (κ3) is 8.56. The van der Waals surface area contributed by atoms with Crippen LogP contribution in [-0.4, -0.2) is 24.6 Å². The first-order chi connectivity index (χ1) is 8.63. The summed E-state index contributed by atoms with van der Waals surface area (Å²) < 4.78 is 10.1. The fourth-order valence-electron chi connectivity index (χ4n) is 1.45. The summed E-state index contributed by atoms with van der Waals surface area (Å²) in [4.78, 5) is 21.9. The van der Waals surface area contributed by atoms with Gasteiger partial charge in [-0.3, -0.25) is 0 Å². The molecule has 0 aromatic rings. The molecule has 0 aromatic heterocycles. The maximum absolute atomic E-state index is 11.1. The van der Waals surface area contributed by atoms with E-state index in [4.69, 9.17) is 9.47 Å². The smallest absolute Gasteiger partial charge is 0.330 e. The number of rotatable bonds is 10. The fourth-order valence-corrected chi connectivity index (χ4v) is 1.45. The molecule has 0 bridgehead atoms. The molecule has 0 saturated carbocycles. The summed E-state index contributed by atoms with van der Waals surface area (Å²) >= 11 is 0. The van der Waals surface area contributed by atoms with Crippen molar-refractivity contribution >= 4 is 11.9 Å². The van der Waals surface area contributed by atoms with Gasteiger partial charge < -0.3 is 9.47 Å². The normalized spacial score (nSPS) is 11.4. The zero-order chi connectivity index (χ0) is 13.8. The Bertz CT molecular complexity index is 284. The summed E-state index contributed by atoms with van der Waals surface area (Å²) in [5.41, 5.74) is 0. The lowest BCUT2D eigenvalue weighted by Crippen LogP contribution is -2.18. The molecule has 0 heterocycles. The second-order valence-electron chi connectivity index (χ2n) is 3.92. The van der Waals surface area contributed by atoms with E-state index in [-0.39, 0.29) is 6.10 Å². The largest absolute Gasteiger partial charge is 0.463 e. The van der Waals surface area contributed by atoms with Crippen molar-refractivity contribution in [2.45, 2.75) is 45.1 Å². The quantitative estimate of drug-likeness (QED) is 0.342. The molecule has 0 radical (unpaired) electrons. The second kappa shape index (κ2) is 10.6. The van der Waals surface area contributed by atoms with Crippen LogP contribution in [0.5, 0.6) is 0 Å². The Kier molecular flexibility index (Phi) is 9.64. The van der Waals surface area contributed by atoms with Gasteiger partial charge in [-0.1, -0.05) is 32.9 Å². The van der Waals surface area contributed by atoms with Gasteiger partial charge in [-0.05, 0) is 19.3 Å².